The number of amides is 1. The second-order valence-corrected chi connectivity index (χ2v) is 7.12. The van der Waals surface area contributed by atoms with Crippen LogP contribution < -0.4 is 5.32 Å². The van der Waals surface area contributed by atoms with E-state index in [9.17, 15) is 4.79 Å². The number of benzene rings is 1. The normalized spacial score (nSPS) is 13.6. The molecule has 5 nitrogen and oxygen atoms in total. The predicted molar refractivity (Wildman–Crippen MR) is 104 cm³/mol. The fourth-order valence-corrected chi connectivity index (χ4v) is 3.11. The van der Waals surface area contributed by atoms with E-state index in [1.165, 1.54) is 17.3 Å². The summed E-state index contributed by atoms with van der Waals surface area (Å²) in [6.45, 7) is 4.29. The molecular formula is C19H20N4OS. The molecule has 3 rings (SSSR count). The van der Waals surface area contributed by atoms with Crippen LogP contribution in [-0.4, -0.2) is 27.4 Å². The van der Waals surface area contributed by atoms with Gasteiger partial charge in [0.25, 0.3) is 0 Å². The summed E-state index contributed by atoms with van der Waals surface area (Å²) < 4.78 is 0. The Morgan fingerprint density at radius 3 is 2.68 bits per heavy atom. The number of nitrogens with one attached hydrogen (secondary N) is 1. The van der Waals surface area contributed by atoms with E-state index in [0.29, 0.717) is 18.1 Å². The summed E-state index contributed by atoms with van der Waals surface area (Å²) in [7, 11) is 0. The maximum atomic E-state index is 12.1. The lowest BCUT2D eigenvalue weighted by Crippen LogP contribution is -2.15. The summed E-state index contributed by atoms with van der Waals surface area (Å²) in [4.78, 5) is 16.2. The molecule has 1 aromatic heterocycles. The third-order valence-electron chi connectivity index (χ3n) is 3.83. The number of nitrogens with zero attached hydrogens (tertiary/aromatic N) is 3. The summed E-state index contributed by atoms with van der Waals surface area (Å²) >= 11 is 1.42. The second kappa shape index (κ2) is 8.07. The summed E-state index contributed by atoms with van der Waals surface area (Å²) in [6, 6.07) is 11.8. The fraction of sp³-hybridized carbons (Fsp3) is 0.263. The van der Waals surface area contributed by atoms with Crippen molar-refractivity contribution in [1.82, 2.24) is 4.98 Å². The van der Waals surface area contributed by atoms with Crippen LogP contribution in [0.3, 0.4) is 0 Å². The van der Waals surface area contributed by atoms with Crippen LogP contribution in [0, 0.1) is 0 Å². The number of rotatable bonds is 5. The van der Waals surface area contributed by atoms with Gasteiger partial charge in [-0.05, 0) is 35.7 Å². The first-order valence-electron chi connectivity index (χ1n) is 8.18. The average Bonchev–Trinajstić information content (AvgIpc) is 3.10. The van der Waals surface area contributed by atoms with E-state index < -0.39 is 0 Å². The van der Waals surface area contributed by atoms with Gasteiger partial charge in [-0.1, -0.05) is 37.7 Å². The molecule has 0 bridgehead atoms. The molecule has 0 atom stereocenters. The zero-order valence-electron chi connectivity index (χ0n) is 14.3. The van der Waals surface area contributed by atoms with Crippen molar-refractivity contribution in [2.24, 2.45) is 10.2 Å². The molecule has 0 unspecified atom stereocenters. The molecule has 128 valence electrons. The number of anilines is 1. The zero-order chi connectivity index (χ0) is 17.6. The molecule has 0 spiro atoms. The Kier molecular flexibility index (Phi) is 5.60. The lowest BCUT2D eigenvalue weighted by atomic mass is 10.0. The predicted octanol–water partition coefficient (Wildman–Crippen LogP) is 4.08. The molecule has 25 heavy (non-hydrogen) atoms. The van der Waals surface area contributed by atoms with Gasteiger partial charge in [0.05, 0.1) is 11.5 Å². The van der Waals surface area contributed by atoms with E-state index in [2.05, 4.69) is 34.4 Å². The number of carbonyl (C=O) groups excluding carboxylic acids is 1. The molecule has 0 fully saturated rings. The fourth-order valence-electron chi connectivity index (χ4n) is 2.40. The number of thioether (sulfide) groups is 1. The highest BCUT2D eigenvalue weighted by Crippen LogP contribution is 2.20. The lowest BCUT2D eigenvalue weighted by Gasteiger charge is -2.08. The van der Waals surface area contributed by atoms with Gasteiger partial charge < -0.3 is 5.32 Å². The molecule has 0 saturated heterocycles. The first kappa shape index (κ1) is 17.4. The molecule has 1 aromatic carbocycles. The second-order valence-electron chi connectivity index (χ2n) is 6.07. The average molecular weight is 352 g/mol. The van der Waals surface area contributed by atoms with Crippen molar-refractivity contribution >= 4 is 34.1 Å². The third kappa shape index (κ3) is 4.76. The summed E-state index contributed by atoms with van der Waals surface area (Å²) in [6.07, 6.45) is 4.15. The molecule has 2 heterocycles. The molecule has 1 aliphatic rings. The van der Waals surface area contributed by atoms with Crippen molar-refractivity contribution in [1.29, 1.82) is 0 Å². The zero-order valence-corrected chi connectivity index (χ0v) is 15.1. The number of aromatic nitrogens is 1. The van der Waals surface area contributed by atoms with Crippen molar-refractivity contribution in [2.75, 3.05) is 11.1 Å². The molecular weight excluding hydrogens is 332 g/mol. The highest BCUT2D eigenvalue weighted by atomic mass is 32.2. The molecule has 0 saturated carbocycles. The van der Waals surface area contributed by atoms with Crippen LogP contribution in [0.1, 0.15) is 37.3 Å². The van der Waals surface area contributed by atoms with Crippen molar-refractivity contribution in [3.63, 3.8) is 0 Å². The van der Waals surface area contributed by atoms with Gasteiger partial charge in [-0.3, -0.25) is 9.78 Å². The molecule has 1 N–H and O–H groups in total. The van der Waals surface area contributed by atoms with Crippen LogP contribution in [-0.2, 0) is 4.79 Å². The van der Waals surface area contributed by atoms with Crippen molar-refractivity contribution in [3.8, 4) is 0 Å². The molecule has 1 aliphatic heterocycles. The molecule has 2 aromatic rings. The molecule has 1 amide bonds. The number of pyridine rings is 1. The Hall–Kier alpha value is -2.47. The minimum atomic E-state index is -0.0418. The van der Waals surface area contributed by atoms with Crippen molar-refractivity contribution < 1.29 is 4.79 Å². The van der Waals surface area contributed by atoms with Gasteiger partial charge in [0.2, 0.25) is 5.91 Å². The van der Waals surface area contributed by atoms with E-state index in [-0.39, 0.29) is 5.91 Å². The Bertz CT molecular complexity index is 798. The van der Waals surface area contributed by atoms with Crippen LogP contribution in [0.15, 0.2) is 59.0 Å². The summed E-state index contributed by atoms with van der Waals surface area (Å²) in [5, 5.41) is 12.1. The van der Waals surface area contributed by atoms with Crippen molar-refractivity contribution in [3.05, 3.63) is 59.9 Å². The lowest BCUT2D eigenvalue weighted by molar-refractivity contribution is -0.113. The SMILES string of the molecule is CC(C)c1ccc(NC(=O)CSC2=NN=C(c3cccnc3)C2)cc1. The van der Waals surface area contributed by atoms with E-state index in [1.807, 2.05) is 36.4 Å². The number of hydrogen-bond acceptors (Lipinski definition) is 5. The number of carbonyl (C=O) groups is 1. The van der Waals surface area contributed by atoms with Gasteiger partial charge >= 0.3 is 0 Å². The van der Waals surface area contributed by atoms with Gasteiger partial charge in [-0.25, -0.2) is 0 Å². The smallest absolute Gasteiger partial charge is 0.234 e. The van der Waals surface area contributed by atoms with E-state index in [4.69, 9.17) is 0 Å². The Labute approximate surface area is 151 Å². The summed E-state index contributed by atoms with van der Waals surface area (Å²) in [5.74, 6) is 0.759. The Balaban J connectivity index is 1.46. The maximum Gasteiger partial charge on any atom is 0.234 e. The van der Waals surface area contributed by atoms with E-state index >= 15 is 0 Å². The quantitative estimate of drug-likeness (QED) is 0.881. The minimum Gasteiger partial charge on any atom is -0.325 e. The van der Waals surface area contributed by atoms with Gasteiger partial charge in [0.1, 0.15) is 5.04 Å². The van der Waals surface area contributed by atoms with Crippen LogP contribution in [0.2, 0.25) is 0 Å². The largest absolute Gasteiger partial charge is 0.325 e. The first-order chi connectivity index (χ1) is 12.1. The van der Waals surface area contributed by atoms with Crippen LogP contribution in [0.5, 0.6) is 0 Å². The topological polar surface area (TPSA) is 66.7 Å². The van der Waals surface area contributed by atoms with Crippen molar-refractivity contribution in [2.45, 2.75) is 26.2 Å². The van der Waals surface area contributed by atoms with Gasteiger partial charge in [-0.15, -0.1) is 5.10 Å². The van der Waals surface area contributed by atoms with E-state index in [0.717, 1.165) is 22.0 Å². The molecule has 0 aliphatic carbocycles. The first-order valence-corrected chi connectivity index (χ1v) is 9.17. The third-order valence-corrected chi connectivity index (χ3v) is 4.79. The monoisotopic (exact) mass is 352 g/mol. The minimum absolute atomic E-state index is 0.0418. The summed E-state index contributed by atoms with van der Waals surface area (Å²) in [5.41, 5.74) is 3.93. The van der Waals surface area contributed by atoms with Crippen LogP contribution >= 0.6 is 11.8 Å². The number of hydrogen-bond donors (Lipinski definition) is 1. The maximum absolute atomic E-state index is 12.1. The van der Waals surface area contributed by atoms with Gasteiger partial charge in [0.15, 0.2) is 0 Å². The van der Waals surface area contributed by atoms with Gasteiger partial charge in [0, 0.05) is 30.1 Å². The standard InChI is InChI=1S/C19H20N4OS/c1-13(2)14-5-7-16(8-6-14)21-18(24)12-25-19-10-17(22-23-19)15-4-3-9-20-11-15/h3-9,11,13H,10,12H2,1-2H3,(H,21,24). The highest BCUT2D eigenvalue weighted by Gasteiger charge is 2.16. The highest BCUT2D eigenvalue weighted by molar-refractivity contribution is 8.14. The van der Waals surface area contributed by atoms with Crippen LogP contribution in [0.25, 0.3) is 0 Å². The molecule has 0 radical (unpaired) electrons. The Morgan fingerprint density at radius 1 is 1.20 bits per heavy atom. The van der Waals surface area contributed by atoms with Gasteiger partial charge in [-0.2, -0.15) is 5.10 Å². The molecule has 6 heteroatoms. The Morgan fingerprint density at radius 2 is 2.00 bits per heavy atom. The van der Waals surface area contributed by atoms with Crippen LogP contribution in [0.4, 0.5) is 5.69 Å². The van der Waals surface area contributed by atoms with E-state index in [1.54, 1.807) is 12.4 Å².